The number of nitrogen functional groups attached to an aromatic ring is 1. The molecule has 0 unspecified atom stereocenters. The zero-order valence-electron chi connectivity index (χ0n) is 11.8. The average Bonchev–Trinajstić information content (AvgIpc) is 2.46. The Hall–Kier alpha value is -3.14. The van der Waals surface area contributed by atoms with Crippen LogP contribution in [-0.2, 0) is 10.1 Å². The zero-order valence-corrected chi connectivity index (χ0v) is 12.6. The Bertz CT molecular complexity index is 1060. The summed E-state index contributed by atoms with van der Waals surface area (Å²) in [6.07, 6.45) is 0. The molecule has 0 fully saturated rings. The van der Waals surface area contributed by atoms with Crippen LogP contribution in [-0.4, -0.2) is 18.0 Å². The summed E-state index contributed by atoms with van der Waals surface area (Å²) in [5.74, 6) is -0.236. The van der Waals surface area contributed by atoms with E-state index in [-0.39, 0.29) is 38.5 Å². The van der Waals surface area contributed by atoms with E-state index in [4.69, 9.17) is 11.0 Å². The van der Waals surface area contributed by atoms with Crippen molar-refractivity contribution in [1.29, 1.82) is 10.5 Å². The Labute approximate surface area is 131 Å². The molecule has 1 aromatic carbocycles. The van der Waals surface area contributed by atoms with Crippen LogP contribution in [0.2, 0.25) is 0 Å². The standard InChI is InChI=1S/C14H10N4O4S/c1-7-2-3-8(4-11(7)23(20,21)22)12-9(5-15)13(17)18-14(19)10(12)6-16/h2-4H,1H3,(H3,17,18,19)(H,20,21,22). The van der Waals surface area contributed by atoms with Crippen molar-refractivity contribution in [3.63, 3.8) is 0 Å². The number of aryl methyl sites for hydroxylation is 1. The summed E-state index contributed by atoms with van der Waals surface area (Å²) in [4.78, 5) is 13.6. The van der Waals surface area contributed by atoms with Crippen LogP contribution in [0.5, 0.6) is 0 Å². The Kier molecular flexibility index (Phi) is 3.93. The number of benzene rings is 1. The van der Waals surface area contributed by atoms with E-state index in [1.54, 1.807) is 12.1 Å². The maximum absolute atomic E-state index is 11.8. The second-order valence-electron chi connectivity index (χ2n) is 4.67. The number of hydrogen-bond donors (Lipinski definition) is 3. The van der Waals surface area contributed by atoms with E-state index < -0.39 is 15.7 Å². The van der Waals surface area contributed by atoms with Crippen LogP contribution in [0, 0.1) is 29.6 Å². The van der Waals surface area contributed by atoms with Crippen molar-refractivity contribution in [2.24, 2.45) is 0 Å². The SMILES string of the molecule is Cc1ccc(-c2c(C#N)c(N)[nH]c(=O)c2C#N)cc1S(=O)(=O)O. The highest BCUT2D eigenvalue weighted by molar-refractivity contribution is 7.85. The lowest BCUT2D eigenvalue weighted by Gasteiger charge is -2.11. The molecular formula is C14H10N4O4S. The van der Waals surface area contributed by atoms with Gasteiger partial charge in [0.05, 0.1) is 4.90 Å². The van der Waals surface area contributed by atoms with Crippen molar-refractivity contribution < 1.29 is 13.0 Å². The number of aromatic amines is 1. The number of H-pyrrole nitrogens is 1. The van der Waals surface area contributed by atoms with Crippen molar-refractivity contribution >= 4 is 15.9 Å². The van der Waals surface area contributed by atoms with Gasteiger partial charge in [-0.25, -0.2) is 0 Å². The Morgan fingerprint density at radius 3 is 2.35 bits per heavy atom. The molecule has 0 saturated heterocycles. The van der Waals surface area contributed by atoms with Crippen LogP contribution in [0.1, 0.15) is 16.7 Å². The minimum absolute atomic E-state index is 0.0823. The summed E-state index contributed by atoms with van der Waals surface area (Å²) >= 11 is 0. The first-order valence-electron chi connectivity index (χ1n) is 6.15. The Morgan fingerprint density at radius 2 is 1.83 bits per heavy atom. The summed E-state index contributed by atoms with van der Waals surface area (Å²) in [6, 6.07) is 7.36. The first-order valence-corrected chi connectivity index (χ1v) is 7.59. The second-order valence-corrected chi connectivity index (χ2v) is 6.06. The number of nitrogens with two attached hydrogens (primary N) is 1. The quantitative estimate of drug-likeness (QED) is 0.690. The Morgan fingerprint density at radius 1 is 1.22 bits per heavy atom. The van der Waals surface area contributed by atoms with Crippen molar-refractivity contribution in [3.8, 4) is 23.3 Å². The molecule has 0 saturated carbocycles. The van der Waals surface area contributed by atoms with Gasteiger partial charge in [-0.15, -0.1) is 0 Å². The summed E-state index contributed by atoms with van der Waals surface area (Å²) in [5, 5.41) is 18.4. The van der Waals surface area contributed by atoms with E-state index in [9.17, 15) is 23.0 Å². The van der Waals surface area contributed by atoms with Crippen molar-refractivity contribution in [2.45, 2.75) is 11.8 Å². The number of rotatable bonds is 2. The maximum atomic E-state index is 11.8. The molecule has 0 aliphatic heterocycles. The number of hydrogen-bond acceptors (Lipinski definition) is 6. The molecule has 0 aliphatic rings. The molecule has 116 valence electrons. The first-order chi connectivity index (χ1) is 10.7. The fraction of sp³-hybridized carbons (Fsp3) is 0.0714. The van der Waals surface area contributed by atoms with Crippen LogP contribution in [0.3, 0.4) is 0 Å². The number of nitrogens with zero attached hydrogens (tertiary/aromatic N) is 2. The summed E-state index contributed by atoms with van der Waals surface area (Å²) in [6.45, 7) is 1.47. The van der Waals surface area contributed by atoms with Gasteiger partial charge >= 0.3 is 0 Å². The van der Waals surface area contributed by atoms with E-state index in [2.05, 4.69) is 4.98 Å². The number of aromatic nitrogens is 1. The fourth-order valence-corrected chi connectivity index (χ4v) is 2.92. The van der Waals surface area contributed by atoms with Crippen LogP contribution < -0.4 is 11.3 Å². The molecule has 9 heteroatoms. The van der Waals surface area contributed by atoms with Crippen LogP contribution in [0.4, 0.5) is 5.82 Å². The van der Waals surface area contributed by atoms with Gasteiger partial charge in [0, 0.05) is 5.56 Å². The second kappa shape index (κ2) is 5.57. The molecular weight excluding hydrogens is 320 g/mol. The lowest BCUT2D eigenvalue weighted by Crippen LogP contribution is -2.16. The average molecular weight is 330 g/mol. The fourth-order valence-electron chi connectivity index (χ4n) is 2.17. The third-order valence-electron chi connectivity index (χ3n) is 3.22. The molecule has 1 heterocycles. The van der Waals surface area contributed by atoms with Crippen molar-refractivity contribution in [3.05, 3.63) is 45.2 Å². The normalized spacial score (nSPS) is 10.8. The highest BCUT2D eigenvalue weighted by Crippen LogP contribution is 2.30. The molecule has 8 nitrogen and oxygen atoms in total. The molecule has 0 spiro atoms. The van der Waals surface area contributed by atoms with E-state index in [0.29, 0.717) is 0 Å². The topological polar surface area (TPSA) is 161 Å². The number of pyridine rings is 1. The number of nitrogens with one attached hydrogen (secondary N) is 1. The predicted octanol–water partition coefficient (Wildman–Crippen LogP) is 0.923. The van der Waals surface area contributed by atoms with E-state index in [1.165, 1.54) is 19.1 Å². The van der Waals surface area contributed by atoms with E-state index in [0.717, 1.165) is 6.07 Å². The highest BCUT2D eigenvalue weighted by Gasteiger charge is 2.21. The molecule has 0 radical (unpaired) electrons. The molecule has 23 heavy (non-hydrogen) atoms. The Balaban J connectivity index is 2.97. The minimum atomic E-state index is -4.51. The monoisotopic (exact) mass is 330 g/mol. The first kappa shape index (κ1) is 16.2. The summed E-state index contributed by atoms with van der Waals surface area (Å²) in [5.41, 5.74) is 4.55. The molecule has 2 rings (SSSR count). The van der Waals surface area contributed by atoms with Crippen molar-refractivity contribution in [2.75, 3.05) is 5.73 Å². The molecule has 0 amide bonds. The summed E-state index contributed by atoms with van der Waals surface area (Å²) in [7, 11) is -4.51. The van der Waals surface area contributed by atoms with Gasteiger partial charge in [-0.05, 0) is 24.1 Å². The molecule has 0 aliphatic carbocycles. The zero-order chi connectivity index (χ0) is 17.4. The molecule has 2 aromatic rings. The van der Waals surface area contributed by atoms with Crippen LogP contribution in [0.25, 0.3) is 11.1 Å². The molecule has 1 aromatic heterocycles. The number of anilines is 1. The van der Waals surface area contributed by atoms with E-state index in [1.807, 2.05) is 0 Å². The third kappa shape index (κ3) is 2.79. The van der Waals surface area contributed by atoms with Gasteiger partial charge in [-0.1, -0.05) is 12.1 Å². The van der Waals surface area contributed by atoms with Crippen LogP contribution >= 0.6 is 0 Å². The van der Waals surface area contributed by atoms with Crippen molar-refractivity contribution in [1.82, 2.24) is 4.98 Å². The molecule has 0 atom stereocenters. The van der Waals surface area contributed by atoms with E-state index >= 15 is 0 Å². The lowest BCUT2D eigenvalue weighted by atomic mass is 9.96. The van der Waals surface area contributed by atoms with Gasteiger partial charge in [0.25, 0.3) is 15.7 Å². The number of nitriles is 2. The van der Waals surface area contributed by atoms with Gasteiger partial charge in [-0.3, -0.25) is 9.35 Å². The molecule has 4 N–H and O–H groups in total. The smallest absolute Gasteiger partial charge is 0.294 e. The predicted molar refractivity (Wildman–Crippen MR) is 80.9 cm³/mol. The van der Waals surface area contributed by atoms with Gasteiger partial charge in [-0.2, -0.15) is 18.9 Å². The van der Waals surface area contributed by atoms with Gasteiger partial charge in [0.1, 0.15) is 29.1 Å². The minimum Gasteiger partial charge on any atom is -0.384 e. The maximum Gasteiger partial charge on any atom is 0.294 e. The van der Waals surface area contributed by atoms with Gasteiger partial charge in [0.2, 0.25) is 0 Å². The third-order valence-corrected chi connectivity index (χ3v) is 4.22. The van der Waals surface area contributed by atoms with Gasteiger partial charge in [0.15, 0.2) is 0 Å². The highest BCUT2D eigenvalue weighted by atomic mass is 32.2. The van der Waals surface area contributed by atoms with Gasteiger partial charge < -0.3 is 10.7 Å². The largest absolute Gasteiger partial charge is 0.384 e. The van der Waals surface area contributed by atoms with Crippen LogP contribution in [0.15, 0.2) is 27.9 Å². The lowest BCUT2D eigenvalue weighted by molar-refractivity contribution is 0.482. The summed E-state index contributed by atoms with van der Waals surface area (Å²) < 4.78 is 32.1. The molecule has 0 bridgehead atoms.